The molecule has 0 bridgehead atoms. The molecule has 1 atom stereocenters. The SMILES string of the molecule is Cc1ccc(C(N)=S)cc1S(=O)(=O)NC(C)C(=O)N(C)C. The zero-order valence-corrected chi connectivity index (χ0v) is 14.0. The van der Waals surface area contributed by atoms with E-state index < -0.39 is 16.1 Å². The number of nitrogens with zero attached hydrogens (tertiary/aromatic N) is 1. The molecular formula is C13H19N3O3S2. The Bertz CT molecular complexity index is 669. The molecule has 0 saturated heterocycles. The number of carbonyl (C=O) groups excluding carboxylic acids is 1. The standard InChI is InChI=1S/C13H19N3O3S2/c1-8-5-6-10(12(14)20)7-11(8)21(18,19)15-9(2)13(17)16(3)4/h5-7,9,15H,1-4H3,(H2,14,20). The lowest BCUT2D eigenvalue weighted by Gasteiger charge is -2.19. The van der Waals surface area contributed by atoms with E-state index in [0.29, 0.717) is 11.1 Å². The van der Waals surface area contributed by atoms with Gasteiger partial charge in [0.1, 0.15) is 4.99 Å². The van der Waals surface area contributed by atoms with Crippen molar-refractivity contribution < 1.29 is 13.2 Å². The van der Waals surface area contributed by atoms with E-state index in [2.05, 4.69) is 4.72 Å². The molecule has 1 rings (SSSR count). The molecule has 0 aliphatic heterocycles. The van der Waals surface area contributed by atoms with Gasteiger partial charge in [-0.05, 0) is 25.5 Å². The number of nitrogens with one attached hydrogen (secondary N) is 1. The second-order valence-corrected chi connectivity index (χ2v) is 7.04. The molecule has 0 heterocycles. The molecule has 1 aromatic carbocycles. The summed E-state index contributed by atoms with van der Waals surface area (Å²) < 4.78 is 27.2. The van der Waals surface area contributed by atoms with Crippen LogP contribution in [0.15, 0.2) is 23.1 Å². The van der Waals surface area contributed by atoms with E-state index in [9.17, 15) is 13.2 Å². The van der Waals surface area contributed by atoms with E-state index in [1.807, 2.05) is 0 Å². The molecule has 1 aromatic rings. The maximum absolute atomic E-state index is 12.4. The summed E-state index contributed by atoms with van der Waals surface area (Å²) in [7, 11) is -0.715. The van der Waals surface area contributed by atoms with Gasteiger partial charge in [-0.15, -0.1) is 0 Å². The summed E-state index contributed by atoms with van der Waals surface area (Å²) in [5.41, 5.74) is 6.53. The van der Waals surface area contributed by atoms with Crippen molar-refractivity contribution in [2.45, 2.75) is 24.8 Å². The summed E-state index contributed by atoms with van der Waals surface area (Å²) in [5.74, 6) is -0.332. The van der Waals surface area contributed by atoms with Crippen molar-refractivity contribution in [1.29, 1.82) is 0 Å². The molecule has 0 aliphatic carbocycles. The predicted molar refractivity (Wildman–Crippen MR) is 85.5 cm³/mol. The molecule has 0 aliphatic rings. The molecule has 1 unspecified atom stereocenters. The molecule has 3 N–H and O–H groups in total. The van der Waals surface area contributed by atoms with Crippen LogP contribution in [0, 0.1) is 6.92 Å². The van der Waals surface area contributed by atoms with Gasteiger partial charge < -0.3 is 10.6 Å². The Morgan fingerprint density at radius 2 is 1.95 bits per heavy atom. The van der Waals surface area contributed by atoms with Crippen molar-refractivity contribution >= 4 is 33.1 Å². The summed E-state index contributed by atoms with van der Waals surface area (Å²) in [5, 5.41) is 0. The number of sulfonamides is 1. The average molecular weight is 329 g/mol. The van der Waals surface area contributed by atoms with Crippen LogP contribution in [0.4, 0.5) is 0 Å². The lowest BCUT2D eigenvalue weighted by atomic mass is 10.1. The number of likely N-dealkylation sites (N-methyl/N-ethyl adjacent to an activating group) is 1. The smallest absolute Gasteiger partial charge is 0.241 e. The van der Waals surface area contributed by atoms with E-state index in [1.165, 1.54) is 17.9 Å². The van der Waals surface area contributed by atoms with Crippen molar-refractivity contribution in [3.63, 3.8) is 0 Å². The third-order valence-corrected chi connectivity index (χ3v) is 4.82. The second-order valence-electron chi connectivity index (χ2n) is 4.92. The van der Waals surface area contributed by atoms with E-state index in [-0.39, 0.29) is 15.8 Å². The fourth-order valence-corrected chi connectivity index (χ4v) is 3.37. The molecule has 21 heavy (non-hydrogen) atoms. The number of hydrogen-bond acceptors (Lipinski definition) is 4. The fourth-order valence-electron chi connectivity index (χ4n) is 1.78. The van der Waals surface area contributed by atoms with Crippen LogP contribution >= 0.6 is 12.2 Å². The van der Waals surface area contributed by atoms with E-state index >= 15 is 0 Å². The average Bonchev–Trinajstić information content (AvgIpc) is 2.36. The van der Waals surface area contributed by atoms with E-state index in [1.54, 1.807) is 33.2 Å². The van der Waals surface area contributed by atoms with Gasteiger partial charge in [0.05, 0.1) is 10.9 Å². The predicted octanol–water partition coefficient (Wildman–Crippen LogP) is 0.384. The molecule has 1 amide bonds. The monoisotopic (exact) mass is 329 g/mol. The summed E-state index contributed by atoms with van der Waals surface area (Å²) in [6, 6.07) is 3.83. The number of rotatable bonds is 5. The minimum atomic E-state index is -3.84. The Labute approximate surface area is 130 Å². The third kappa shape index (κ3) is 4.23. The Kier molecular flexibility index (Phi) is 5.43. The van der Waals surface area contributed by atoms with Crippen LogP contribution in [0.3, 0.4) is 0 Å². The number of nitrogens with two attached hydrogens (primary N) is 1. The summed E-state index contributed by atoms with van der Waals surface area (Å²) >= 11 is 4.85. The van der Waals surface area contributed by atoms with Crippen molar-refractivity contribution in [2.75, 3.05) is 14.1 Å². The topological polar surface area (TPSA) is 92.5 Å². The molecule has 116 valence electrons. The summed E-state index contributed by atoms with van der Waals surface area (Å²) in [6.45, 7) is 3.16. The molecule has 0 aromatic heterocycles. The number of thiocarbonyl (C=S) groups is 1. The molecule has 0 radical (unpaired) electrons. The van der Waals surface area contributed by atoms with E-state index in [0.717, 1.165) is 0 Å². The zero-order chi connectivity index (χ0) is 16.4. The highest BCUT2D eigenvalue weighted by Crippen LogP contribution is 2.17. The number of aryl methyl sites for hydroxylation is 1. The Hall–Kier alpha value is -1.51. The molecule has 6 nitrogen and oxygen atoms in total. The highest BCUT2D eigenvalue weighted by Gasteiger charge is 2.24. The van der Waals surface area contributed by atoms with Crippen LogP contribution < -0.4 is 10.5 Å². The minimum absolute atomic E-state index is 0.0613. The lowest BCUT2D eigenvalue weighted by molar-refractivity contribution is -0.130. The molecule has 0 spiro atoms. The number of benzene rings is 1. The normalized spacial score (nSPS) is 12.8. The highest BCUT2D eigenvalue weighted by atomic mass is 32.2. The van der Waals surface area contributed by atoms with Gasteiger partial charge in [0.25, 0.3) is 0 Å². The van der Waals surface area contributed by atoms with E-state index in [4.69, 9.17) is 18.0 Å². The van der Waals surface area contributed by atoms with Crippen LogP contribution in [0.5, 0.6) is 0 Å². The van der Waals surface area contributed by atoms with Crippen molar-refractivity contribution in [3.8, 4) is 0 Å². The first kappa shape index (κ1) is 17.5. The van der Waals surface area contributed by atoms with Gasteiger partial charge >= 0.3 is 0 Å². The molecule has 0 saturated carbocycles. The van der Waals surface area contributed by atoms with Gasteiger partial charge in [-0.2, -0.15) is 4.72 Å². The zero-order valence-electron chi connectivity index (χ0n) is 12.4. The van der Waals surface area contributed by atoms with Crippen molar-refractivity contribution in [1.82, 2.24) is 9.62 Å². The number of hydrogen-bond donors (Lipinski definition) is 2. The summed E-state index contributed by atoms with van der Waals surface area (Å²) in [6.07, 6.45) is 0. The maximum atomic E-state index is 12.4. The van der Waals surface area contributed by atoms with Crippen LogP contribution in [-0.4, -0.2) is 44.4 Å². The second kappa shape index (κ2) is 6.50. The van der Waals surface area contributed by atoms with Crippen LogP contribution in [0.25, 0.3) is 0 Å². The van der Waals surface area contributed by atoms with Crippen LogP contribution in [0.1, 0.15) is 18.1 Å². The largest absolute Gasteiger partial charge is 0.389 e. The Morgan fingerprint density at radius 1 is 1.38 bits per heavy atom. The number of carbonyl (C=O) groups is 1. The van der Waals surface area contributed by atoms with Gasteiger partial charge in [0, 0.05) is 19.7 Å². The van der Waals surface area contributed by atoms with Gasteiger partial charge in [0.2, 0.25) is 15.9 Å². The maximum Gasteiger partial charge on any atom is 0.241 e. The quantitative estimate of drug-likeness (QED) is 0.762. The summed E-state index contributed by atoms with van der Waals surface area (Å²) in [4.78, 5) is 13.3. The van der Waals surface area contributed by atoms with Gasteiger partial charge in [0.15, 0.2) is 0 Å². The van der Waals surface area contributed by atoms with Crippen molar-refractivity contribution in [3.05, 3.63) is 29.3 Å². The van der Waals surface area contributed by atoms with Gasteiger partial charge in [-0.1, -0.05) is 24.4 Å². The molecule has 0 fully saturated rings. The minimum Gasteiger partial charge on any atom is -0.389 e. The first-order valence-electron chi connectivity index (χ1n) is 6.20. The first-order valence-corrected chi connectivity index (χ1v) is 8.09. The van der Waals surface area contributed by atoms with Crippen LogP contribution in [0.2, 0.25) is 0 Å². The molecular weight excluding hydrogens is 310 g/mol. The third-order valence-electron chi connectivity index (χ3n) is 2.91. The Balaban J connectivity index is 3.17. The fraction of sp³-hybridized carbons (Fsp3) is 0.385. The first-order chi connectivity index (χ1) is 9.56. The highest BCUT2D eigenvalue weighted by molar-refractivity contribution is 7.89. The molecule has 8 heteroatoms. The lowest BCUT2D eigenvalue weighted by Crippen LogP contribution is -2.44. The van der Waals surface area contributed by atoms with Gasteiger partial charge in [-0.25, -0.2) is 8.42 Å². The van der Waals surface area contributed by atoms with Crippen LogP contribution in [-0.2, 0) is 14.8 Å². The Morgan fingerprint density at radius 3 is 2.43 bits per heavy atom. The van der Waals surface area contributed by atoms with Gasteiger partial charge in [-0.3, -0.25) is 4.79 Å². The van der Waals surface area contributed by atoms with Crippen molar-refractivity contribution in [2.24, 2.45) is 5.73 Å². The number of amides is 1.